The molecule has 6 heteroatoms. The third-order valence-electron chi connectivity index (χ3n) is 2.77. The van der Waals surface area contributed by atoms with Crippen LogP contribution in [0.4, 0.5) is 11.5 Å². The number of pyridine rings is 2. The summed E-state index contributed by atoms with van der Waals surface area (Å²) in [6.07, 6.45) is 4.82. The van der Waals surface area contributed by atoms with Crippen LogP contribution in [0.15, 0.2) is 30.7 Å². The molecule has 0 saturated heterocycles. The quantitative estimate of drug-likeness (QED) is 0.771. The molecule has 0 fully saturated rings. The van der Waals surface area contributed by atoms with Crippen LogP contribution in [0.3, 0.4) is 0 Å². The Kier molecular flexibility index (Phi) is 3.61. The van der Waals surface area contributed by atoms with Gasteiger partial charge in [-0.25, -0.2) is 9.78 Å². The predicted octanol–water partition coefficient (Wildman–Crippen LogP) is 1.68. The summed E-state index contributed by atoms with van der Waals surface area (Å²) in [4.78, 5) is 19.0. The van der Waals surface area contributed by atoms with Gasteiger partial charge in [-0.2, -0.15) is 0 Å². The number of carboxylic acids is 1. The lowest BCUT2D eigenvalue weighted by molar-refractivity contribution is 0.0698. The van der Waals surface area contributed by atoms with Crippen LogP contribution in [-0.4, -0.2) is 21.0 Å². The van der Waals surface area contributed by atoms with Gasteiger partial charge in [0.05, 0.1) is 17.4 Å². The molecule has 0 atom stereocenters. The number of anilines is 2. The number of aromatic carboxylic acids is 1. The summed E-state index contributed by atoms with van der Waals surface area (Å²) in [7, 11) is 0. The predicted molar refractivity (Wildman–Crippen MR) is 71.9 cm³/mol. The Morgan fingerprint density at radius 2 is 2.26 bits per heavy atom. The average molecular weight is 258 g/mol. The maximum Gasteiger partial charge on any atom is 0.337 e. The minimum Gasteiger partial charge on any atom is -0.478 e. The first-order chi connectivity index (χ1) is 9.08. The largest absolute Gasteiger partial charge is 0.478 e. The van der Waals surface area contributed by atoms with E-state index in [2.05, 4.69) is 15.3 Å². The Labute approximate surface area is 110 Å². The van der Waals surface area contributed by atoms with E-state index in [0.29, 0.717) is 12.4 Å². The third-order valence-corrected chi connectivity index (χ3v) is 2.77. The highest BCUT2D eigenvalue weighted by atomic mass is 16.4. The highest BCUT2D eigenvalue weighted by Gasteiger charge is 2.09. The SMILES string of the molecule is Cc1ccncc1CNc1cc(C(=O)O)c(N)cn1. The van der Waals surface area contributed by atoms with Crippen LogP contribution in [-0.2, 0) is 6.54 Å². The number of nitrogens with two attached hydrogens (primary N) is 1. The van der Waals surface area contributed by atoms with E-state index in [-0.39, 0.29) is 11.3 Å². The van der Waals surface area contributed by atoms with Crippen molar-refractivity contribution in [3.8, 4) is 0 Å². The van der Waals surface area contributed by atoms with Crippen molar-refractivity contribution < 1.29 is 9.90 Å². The van der Waals surface area contributed by atoms with Crippen molar-refractivity contribution in [2.45, 2.75) is 13.5 Å². The fourth-order valence-electron chi connectivity index (χ4n) is 1.62. The number of rotatable bonds is 4. The summed E-state index contributed by atoms with van der Waals surface area (Å²) in [5.74, 6) is -0.602. The van der Waals surface area contributed by atoms with Gasteiger partial charge in [-0.1, -0.05) is 0 Å². The maximum atomic E-state index is 11.0. The molecular formula is C13H14N4O2. The third kappa shape index (κ3) is 2.98. The van der Waals surface area contributed by atoms with Gasteiger partial charge in [-0.05, 0) is 30.2 Å². The van der Waals surface area contributed by atoms with Gasteiger partial charge in [0.2, 0.25) is 0 Å². The van der Waals surface area contributed by atoms with Crippen molar-refractivity contribution in [1.82, 2.24) is 9.97 Å². The molecule has 2 aromatic heterocycles. The van der Waals surface area contributed by atoms with Gasteiger partial charge in [-0.3, -0.25) is 4.98 Å². The Morgan fingerprint density at radius 3 is 2.95 bits per heavy atom. The van der Waals surface area contributed by atoms with Gasteiger partial charge < -0.3 is 16.2 Å². The zero-order valence-electron chi connectivity index (χ0n) is 10.4. The van der Waals surface area contributed by atoms with Crippen molar-refractivity contribution in [2.75, 3.05) is 11.1 Å². The molecule has 0 saturated carbocycles. The minimum atomic E-state index is -1.07. The number of hydrogen-bond donors (Lipinski definition) is 3. The molecule has 6 nitrogen and oxygen atoms in total. The van der Waals surface area contributed by atoms with Gasteiger partial charge >= 0.3 is 5.97 Å². The molecule has 2 aromatic rings. The summed E-state index contributed by atoms with van der Waals surface area (Å²) in [6.45, 7) is 2.51. The van der Waals surface area contributed by atoms with E-state index in [1.807, 2.05) is 13.0 Å². The number of carboxylic acid groups (broad SMARTS) is 1. The fraction of sp³-hybridized carbons (Fsp3) is 0.154. The molecule has 4 N–H and O–H groups in total. The van der Waals surface area contributed by atoms with Crippen LogP contribution in [0.5, 0.6) is 0 Å². The summed E-state index contributed by atoms with van der Waals surface area (Å²) < 4.78 is 0. The summed E-state index contributed by atoms with van der Waals surface area (Å²) in [6, 6.07) is 3.33. The van der Waals surface area contributed by atoms with Gasteiger partial charge in [0.15, 0.2) is 0 Å². The zero-order chi connectivity index (χ0) is 13.8. The normalized spacial score (nSPS) is 10.2. The molecule has 0 aliphatic carbocycles. The smallest absolute Gasteiger partial charge is 0.337 e. The van der Waals surface area contributed by atoms with E-state index < -0.39 is 5.97 Å². The average Bonchev–Trinajstić information content (AvgIpc) is 2.39. The number of nitrogens with zero attached hydrogens (tertiary/aromatic N) is 2. The molecule has 2 rings (SSSR count). The van der Waals surface area contributed by atoms with Gasteiger partial charge in [0.1, 0.15) is 5.82 Å². The minimum absolute atomic E-state index is 0.0420. The second-order valence-electron chi connectivity index (χ2n) is 4.12. The van der Waals surface area contributed by atoms with Gasteiger partial charge in [-0.15, -0.1) is 0 Å². The first kappa shape index (κ1) is 12.8. The monoisotopic (exact) mass is 258 g/mol. The van der Waals surface area contributed by atoms with Crippen LogP contribution in [0, 0.1) is 6.92 Å². The zero-order valence-corrected chi connectivity index (χ0v) is 10.4. The molecule has 0 aromatic carbocycles. The van der Waals surface area contributed by atoms with E-state index in [9.17, 15) is 4.79 Å². The van der Waals surface area contributed by atoms with E-state index in [4.69, 9.17) is 10.8 Å². The maximum absolute atomic E-state index is 11.0. The Balaban J connectivity index is 2.14. The van der Waals surface area contributed by atoms with Crippen LogP contribution in [0.25, 0.3) is 0 Å². The van der Waals surface area contributed by atoms with E-state index in [1.54, 1.807) is 12.4 Å². The van der Waals surface area contributed by atoms with Gasteiger partial charge in [0, 0.05) is 18.9 Å². The fourth-order valence-corrected chi connectivity index (χ4v) is 1.62. The van der Waals surface area contributed by atoms with Crippen LogP contribution in [0.1, 0.15) is 21.5 Å². The van der Waals surface area contributed by atoms with Crippen molar-refractivity contribution in [3.05, 3.63) is 47.4 Å². The second kappa shape index (κ2) is 5.34. The molecule has 0 unspecified atom stereocenters. The summed E-state index contributed by atoms with van der Waals surface area (Å²) in [5.41, 5.74) is 7.87. The summed E-state index contributed by atoms with van der Waals surface area (Å²) in [5, 5.41) is 12.0. The van der Waals surface area contributed by atoms with Crippen molar-refractivity contribution >= 4 is 17.5 Å². The van der Waals surface area contributed by atoms with E-state index >= 15 is 0 Å². The Morgan fingerprint density at radius 1 is 1.47 bits per heavy atom. The number of aromatic nitrogens is 2. The first-order valence-corrected chi connectivity index (χ1v) is 5.70. The number of aryl methyl sites for hydroxylation is 1. The first-order valence-electron chi connectivity index (χ1n) is 5.70. The van der Waals surface area contributed by atoms with Gasteiger partial charge in [0.25, 0.3) is 0 Å². The lowest BCUT2D eigenvalue weighted by atomic mass is 10.1. The van der Waals surface area contributed by atoms with Crippen LogP contribution < -0.4 is 11.1 Å². The molecule has 0 spiro atoms. The van der Waals surface area contributed by atoms with Crippen LogP contribution >= 0.6 is 0 Å². The Hall–Kier alpha value is -2.63. The van der Waals surface area contributed by atoms with Crippen molar-refractivity contribution in [3.63, 3.8) is 0 Å². The number of hydrogen-bond acceptors (Lipinski definition) is 5. The second-order valence-corrected chi connectivity index (χ2v) is 4.12. The molecule has 0 radical (unpaired) electrons. The lowest BCUT2D eigenvalue weighted by Crippen LogP contribution is -2.07. The molecule has 2 heterocycles. The number of nitrogen functional groups attached to an aromatic ring is 1. The molecule has 0 aliphatic heterocycles. The molecule has 0 aliphatic rings. The summed E-state index contributed by atoms with van der Waals surface area (Å²) >= 11 is 0. The van der Waals surface area contributed by atoms with E-state index in [1.165, 1.54) is 12.3 Å². The lowest BCUT2D eigenvalue weighted by Gasteiger charge is -2.09. The molecule has 98 valence electrons. The number of nitrogens with one attached hydrogen (secondary N) is 1. The van der Waals surface area contributed by atoms with Crippen molar-refractivity contribution in [2.24, 2.45) is 0 Å². The standard InChI is InChI=1S/C13H14N4O2/c1-8-2-3-15-5-9(8)6-16-12-4-10(13(18)19)11(14)7-17-12/h2-5,7H,6,14H2,1H3,(H,16,17)(H,18,19). The molecule has 0 amide bonds. The topological polar surface area (TPSA) is 101 Å². The highest BCUT2D eigenvalue weighted by Crippen LogP contribution is 2.16. The van der Waals surface area contributed by atoms with Crippen molar-refractivity contribution in [1.29, 1.82) is 0 Å². The van der Waals surface area contributed by atoms with Crippen LogP contribution in [0.2, 0.25) is 0 Å². The van der Waals surface area contributed by atoms with E-state index in [0.717, 1.165) is 11.1 Å². The Bertz CT molecular complexity index is 613. The molecule has 0 bridgehead atoms. The number of carbonyl (C=O) groups is 1. The molecular weight excluding hydrogens is 244 g/mol. The highest BCUT2D eigenvalue weighted by molar-refractivity contribution is 5.94. The molecule has 19 heavy (non-hydrogen) atoms.